The van der Waals surface area contributed by atoms with Gasteiger partial charge in [-0.25, -0.2) is 0 Å². The Morgan fingerprint density at radius 2 is 1.86 bits per heavy atom. The van der Waals surface area contributed by atoms with Crippen molar-refractivity contribution in [2.45, 2.75) is 64.1 Å². The molecule has 2 heterocycles. The molecule has 0 radical (unpaired) electrons. The number of rotatable bonds is 4. The van der Waals surface area contributed by atoms with Crippen LogP contribution in [0.1, 0.15) is 46.0 Å². The van der Waals surface area contributed by atoms with E-state index in [0.29, 0.717) is 6.04 Å². The van der Waals surface area contributed by atoms with Gasteiger partial charge in [-0.05, 0) is 44.6 Å². The number of nitrogens with one attached hydrogen (secondary N) is 2. The van der Waals surface area contributed by atoms with Crippen LogP contribution in [0.5, 0.6) is 0 Å². The molecule has 2 unspecified atom stereocenters. The number of hydrogen-bond acceptors (Lipinski definition) is 2. The highest BCUT2D eigenvalue weighted by Gasteiger charge is 2.32. The highest BCUT2D eigenvalue weighted by Crippen LogP contribution is 2.32. The maximum absolute atomic E-state index is 3.70. The maximum Gasteiger partial charge on any atom is 0.00728 e. The standard InChI is InChI=1S/C12H24N2/c1-9(2)13-6-5-10-7-11-3-4-12(8-10)14-11/h9-14H,3-8H2,1-2H3. The van der Waals surface area contributed by atoms with Crippen molar-refractivity contribution < 1.29 is 0 Å². The van der Waals surface area contributed by atoms with E-state index in [2.05, 4.69) is 24.5 Å². The summed E-state index contributed by atoms with van der Waals surface area (Å²) < 4.78 is 0. The van der Waals surface area contributed by atoms with Crippen LogP contribution in [0.2, 0.25) is 0 Å². The van der Waals surface area contributed by atoms with E-state index in [-0.39, 0.29) is 0 Å². The second-order valence-electron chi connectivity index (χ2n) is 5.37. The number of piperidine rings is 1. The molecule has 82 valence electrons. The second-order valence-corrected chi connectivity index (χ2v) is 5.37. The van der Waals surface area contributed by atoms with Gasteiger partial charge >= 0.3 is 0 Å². The van der Waals surface area contributed by atoms with Gasteiger partial charge in [0.05, 0.1) is 0 Å². The fourth-order valence-electron chi connectivity index (χ4n) is 2.99. The Balaban J connectivity index is 1.67. The van der Waals surface area contributed by atoms with Gasteiger partial charge in [0.25, 0.3) is 0 Å². The summed E-state index contributed by atoms with van der Waals surface area (Å²) in [6.45, 7) is 5.67. The molecular weight excluding hydrogens is 172 g/mol. The van der Waals surface area contributed by atoms with Crippen molar-refractivity contribution in [1.82, 2.24) is 10.6 Å². The van der Waals surface area contributed by atoms with Gasteiger partial charge < -0.3 is 10.6 Å². The lowest BCUT2D eigenvalue weighted by molar-refractivity contribution is 0.281. The third-order valence-electron chi connectivity index (χ3n) is 3.68. The largest absolute Gasteiger partial charge is 0.315 e. The molecule has 0 amide bonds. The molecule has 2 nitrogen and oxygen atoms in total. The van der Waals surface area contributed by atoms with E-state index >= 15 is 0 Å². The highest BCUT2D eigenvalue weighted by molar-refractivity contribution is 4.91. The van der Waals surface area contributed by atoms with E-state index in [1.54, 1.807) is 0 Å². The summed E-state index contributed by atoms with van der Waals surface area (Å²) in [5.41, 5.74) is 0. The summed E-state index contributed by atoms with van der Waals surface area (Å²) in [7, 11) is 0. The van der Waals surface area contributed by atoms with Crippen LogP contribution in [0, 0.1) is 5.92 Å². The molecule has 2 rings (SSSR count). The Kier molecular flexibility index (Phi) is 3.45. The molecule has 14 heavy (non-hydrogen) atoms. The minimum absolute atomic E-state index is 0.647. The maximum atomic E-state index is 3.70. The lowest BCUT2D eigenvalue weighted by Gasteiger charge is -2.29. The first-order valence-electron chi connectivity index (χ1n) is 6.23. The average Bonchev–Trinajstić information content (AvgIpc) is 2.45. The molecule has 2 fully saturated rings. The Morgan fingerprint density at radius 1 is 1.21 bits per heavy atom. The molecule has 0 aliphatic carbocycles. The smallest absolute Gasteiger partial charge is 0.00728 e. The SMILES string of the molecule is CC(C)NCCC1CC2CCC(C1)N2. The molecule has 0 aromatic rings. The second kappa shape index (κ2) is 4.63. The first-order valence-corrected chi connectivity index (χ1v) is 6.23. The lowest BCUT2D eigenvalue weighted by atomic mass is 9.90. The van der Waals surface area contributed by atoms with E-state index in [4.69, 9.17) is 0 Å². The topological polar surface area (TPSA) is 24.1 Å². The van der Waals surface area contributed by atoms with Gasteiger partial charge in [0.2, 0.25) is 0 Å². The van der Waals surface area contributed by atoms with Gasteiger partial charge in [-0.2, -0.15) is 0 Å². The predicted molar refractivity (Wildman–Crippen MR) is 60.4 cm³/mol. The fourth-order valence-corrected chi connectivity index (χ4v) is 2.99. The van der Waals surface area contributed by atoms with Crippen molar-refractivity contribution in [3.05, 3.63) is 0 Å². The lowest BCUT2D eigenvalue weighted by Crippen LogP contribution is -2.39. The van der Waals surface area contributed by atoms with Crippen LogP contribution in [0.4, 0.5) is 0 Å². The molecule has 2 aliphatic rings. The molecule has 0 spiro atoms. The minimum atomic E-state index is 0.647. The van der Waals surface area contributed by atoms with Crippen LogP contribution in [-0.4, -0.2) is 24.7 Å². The van der Waals surface area contributed by atoms with Crippen molar-refractivity contribution in [3.63, 3.8) is 0 Å². The zero-order chi connectivity index (χ0) is 9.97. The van der Waals surface area contributed by atoms with Crippen LogP contribution in [-0.2, 0) is 0 Å². The summed E-state index contributed by atoms with van der Waals surface area (Å²) >= 11 is 0. The van der Waals surface area contributed by atoms with E-state index < -0.39 is 0 Å². The van der Waals surface area contributed by atoms with Gasteiger partial charge in [0.1, 0.15) is 0 Å². The van der Waals surface area contributed by atoms with Gasteiger partial charge in [-0.1, -0.05) is 13.8 Å². The molecule has 2 N–H and O–H groups in total. The van der Waals surface area contributed by atoms with Gasteiger partial charge in [-0.15, -0.1) is 0 Å². The molecule has 2 bridgehead atoms. The minimum Gasteiger partial charge on any atom is -0.315 e. The molecule has 2 atom stereocenters. The Hall–Kier alpha value is -0.0800. The van der Waals surface area contributed by atoms with Gasteiger partial charge in [0.15, 0.2) is 0 Å². The molecule has 0 aromatic heterocycles. The normalized spacial score (nSPS) is 36.6. The quantitative estimate of drug-likeness (QED) is 0.717. The monoisotopic (exact) mass is 196 g/mol. The van der Waals surface area contributed by atoms with Crippen LogP contribution in [0.3, 0.4) is 0 Å². The molecule has 2 heteroatoms. The average molecular weight is 196 g/mol. The fraction of sp³-hybridized carbons (Fsp3) is 1.00. The number of hydrogen-bond donors (Lipinski definition) is 2. The molecular formula is C12H24N2. The summed E-state index contributed by atoms with van der Waals surface area (Å²) in [5.74, 6) is 0.986. The van der Waals surface area contributed by atoms with Crippen molar-refractivity contribution in [3.8, 4) is 0 Å². The summed E-state index contributed by atoms with van der Waals surface area (Å²) in [5, 5.41) is 7.22. The van der Waals surface area contributed by atoms with E-state index in [9.17, 15) is 0 Å². The zero-order valence-corrected chi connectivity index (χ0v) is 9.55. The Labute approximate surface area is 87.8 Å². The van der Waals surface area contributed by atoms with Crippen LogP contribution in [0.25, 0.3) is 0 Å². The number of fused-ring (bicyclic) bond motifs is 2. The predicted octanol–water partition coefficient (Wildman–Crippen LogP) is 1.91. The molecule has 0 saturated carbocycles. The van der Waals surface area contributed by atoms with Crippen LogP contribution >= 0.6 is 0 Å². The molecule has 2 aliphatic heterocycles. The third-order valence-corrected chi connectivity index (χ3v) is 3.68. The van der Waals surface area contributed by atoms with Crippen LogP contribution in [0.15, 0.2) is 0 Å². The third kappa shape index (κ3) is 2.71. The Bertz CT molecular complexity index is 167. The van der Waals surface area contributed by atoms with E-state index in [1.807, 2.05) is 0 Å². The van der Waals surface area contributed by atoms with Crippen LogP contribution < -0.4 is 10.6 Å². The van der Waals surface area contributed by atoms with E-state index in [0.717, 1.165) is 18.0 Å². The van der Waals surface area contributed by atoms with Crippen molar-refractivity contribution in [1.29, 1.82) is 0 Å². The van der Waals surface area contributed by atoms with Gasteiger partial charge in [-0.3, -0.25) is 0 Å². The summed E-state index contributed by atoms with van der Waals surface area (Å²) in [6, 6.07) is 2.36. The Morgan fingerprint density at radius 3 is 2.43 bits per heavy atom. The molecule has 0 aromatic carbocycles. The zero-order valence-electron chi connectivity index (χ0n) is 9.55. The molecule has 2 saturated heterocycles. The first-order chi connectivity index (χ1) is 6.74. The highest BCUT2D eigenvalue weighted by atomic mass is 15.0. The van der Waals surface area contributed by atoms with Crippen molar-refractivity contribution >= 4 is 0 Å². The summed E-state index contributed by atoms with van der Waals surface area (Å²) in [4.78, 5) is 0. The van der Waals surface area contributed by atoms with Gasteiger partial charge in [0, 0.05) is 18.1 Å². The summed E-state index contributed by atoms with van der Waals surface area (Å²) in [6.07, 6.45) is 7.09. The van der Waals surface area contributed by atoms with Crippen molar-refractivity contribution in [2.24, 2.45) is 5.92 Å². The first kappa shape index (κ1) is 10.4. The van der Waals surface area contributed by atoms with Crippen molar-refractivity contribution in [2.75, 3.05) is 6.54 Å². The van der Waals surface area contributed by atoms with E-state index in [1.165, 1.54) is 38.6 Å².